The van der Waals surface area contributed by atoms with Gasteiger partial charge in [-0.3, -0.25) is 14.4 Å². The first-order valence-electron chi connectivity index (χ1n) is 5.19. The minimum atomic E-state index is -1.17. The molecule has 0 aliphatic rings. The maximum atomic E-state index is 11.8. The highest BCUT2D eigenvalue weighted by atomic mass is 16.4. The van der Waals surface area contributed by atoms with Crippen molar-refractivity contribution in [2.24, 2.45) is 5.41 Å². The number of likely N-dealkylation sites (N-methyl/N-ethyl adjacent to an activating group) is 1. The maximum Gasteiger partial charge on any atom is 0.303 e. The standard InChI is InChI=1S/C11H17NO5/c1-11(2,8(6-13)12-3)10(17)7(14)4-5-9(15)16/h6,8,12H,4-5H2,1-3H3,(H,15,16). The van der Waals surface area contributed by atoms with E-state index in [2.05, 4.69) is 5.32 Å². The fourth-order valence-corrected chi connectivity index (χ4v) is 1.43. The molecule has 0 spiro atoms. The number of carbonyl (C=O) groups excluding carboxylic acids is 3. The summed E-state index contributed by atoms with van der Waals surface area (Å²) in [5, 5.41) is 11.1. The van der Waals surface area contributed by atoms with Crippen LogP contribution in [0.15, 0.2) is 0 Å². The number of hydrogen-bond donors (Lipinski definition) is 2. The van der Waals surface area contributed by atoms with Crippen LogP contribution < -0.4 is 5.32 Å². The van der Waals surface area contributed by atoms with E-state index in [9.17, 15) is 19.2 Å². The molecule has 96 valence electrons. The van der Waals surface area contributed by atoms with Crippen molar-refractivity contribution in [2.45, 2.75) is 32.7 Å². The normalized spacial score (nSPS) is 12.9. The number of aliphatic carboxylic acids is 1. The number of ketones is 2. The number of Topliss-reactive ketones (excluding diaryl/α,β-unsaturated/α-hetero) is 2. The van der Waals surface area contributed by atoms with Crippen LogP contribution >= 0.6 is 0 Å². The zero-order chi connectivity index (χ0) is 13.6. The predicted octanol–water partition coefficient (Wildman–Crippen LogP) is -0.198. The van der Waals surface area contributed by atoms with Gasteiger partial charge < -0.3 is 15.2 Å². The van der Waals surface area contributed by atoms with Crippen LogP contribution in [0.25, 0.3) is 0 Å². The number of carboxylic acids is 1. The molecule has 0 aromatic heterocycles. The molecule has 0 aliphatic heterocycles. The summed E-state index contributed by atoms with van der Waals surface area (Å²) in [6.07, 6.45) is -0.165. The Balaban J connectivity index is 4.72. The van der Waals surface area contributed by atoms with Gasteiger partial charge >= 0.3 is 5.97 Å². The summed E-state index contributed by atoms with van der Waals surface area (Å²) in [5.41, 5.74) is -1.17. The lowest BCUT2D eigenvalue weighted by atomic mass is 9.78. The van der Waals surface area contributed by atoms with Gasteiger partial charge in [-0.25, -0.2) is 0 Å². The number of hydrogen-bond acceptors (Lipinski definition) is 5. The maximum absolute atomic E-state index is 11.8. The van der Waals surface area contributed by atoms with Crippen molar-refractivity contribution < 1.29 is 24.3 Å². The van der Waals surface area contributed by atoms with Crippen molar-refractivity contribution in [1.82, 2.24) is 5.32 Å². The summed E-state index contributed by atoms with van der Waals surface area (Å²) < 4.78 is 0. The van der Waals surface area contributed by atoms with Crippen LogP contribution in [0, 0.1) is 5.41 Å². The van der Waals surface area contributed by atoms with E-state index in [0.29, 0.717) is 6.29 Å². The first-order valence-corrected chi connectivity index (χ1v) is 5.19. The van der Waals surface area contributed by atoms with E-state index in [1.54, 1.807) is 0 Å². The number of carboxylic acid groups (broad SMARTS) is 1. The van der Waals surface area contributed by atoms with Gasteiger partial charge in [0.15, 0.2) is 5.78 Å². The summed E-state index contributed by atoms with van der Waals surface area (Å²) in [4.78, 5) is 44.3. The third kappa shape index (κ3) is 4.07. The van der Waals surface area contributed by atoms with Crippen LogP contribution in [-0.4, -0.2) is 42.0 Å². The summed E-state index contributed by atoms with van der Waals surface area (Å²) in [5.74, 6) is -2.63. The Morgan fingerprint density at radius 2 is 1.82 bits per heavy atom. The van der Waals surface area contributed by atoms with Gasteiger partial charge in [0.2, 0.25) is 5.78 Å². The number of aldehydes is 1. The van der Waals surface area contributed by atoms with E-state index in [1.807, 2.05) is 0 Å². The molecule has 0 rings (SSSR count). The second-order valence-electron chi connectivity index (χ2n) is 4.27. The Morgan fingerprint density at radius 1 is 1.29 bits per heavy atom. The van der Waals surface area contributed by atoms with Gasteiger partial charge in [0.1, 0.15) is 6.29 Å². The molecule has 0 aromatic carbocycles. The summed E-state index contributed by atoms with van der Waals surface area (Å²) in [7, 11) is 1.51. The molecule has 6 heteroatoms. The highest BCUT2D eigenvalue weighted by Crippen LogP contribution is 2.22. The molecule has 0 fully saturated rings. The first-order chi connectivity index (χ1) is 7.77. The highest BCUT2D eigenvalue weighted by Gasteiger charge is 2.39. The van der Waals surface area contributed by atoms with E-state index in [1.165, 1.54) is 20.9 Å². The minimum Gasteiger partial charge on any atom is -0.481 e. The van der Waals surface area contributed by atoms with Gasteiger partial charge in [-0.15, -0.1) is 0 Å². The van der Waals surface area contributed by atoms with E-state index in [0.717, 1.165) is 0 Å². The fourth-order valence-electron chi connectivity index (χ4n) is 1.43. The van der Waals surface area contributed by atoms with Crippen LogP contribution in [0.2, 0.25) is 0 Å². The van der Waals surface area contributed by atoms with Crippen molar-refractivity contribution in [1.29, 1.82) is 0 Å². The lowest BCUT2D eigenvalue weighted by molar-refractivity contribution is -0.145. The molecule has 0 saturated heterocycles. The SMILES string of the molecule is CNC(C=O)C(C)(C)C(=O)C(=O)CCC(=O)O. The molecule has 0 radical (unpaired) electrons. The molecule has 0 amide bonds. The van der Waals surface area contributed by atoms with Crippen LogP contribution in [0.3, 0.4) is 0 Å². The van der Waals surface area contributed by atoms with E-state index >= 15 is 0 Å². The quantitative estimate of drug-likeness (QED) is 0.452. The molecular formula is C11H17NO5. The third-order valence-electron chi connectivity index (χ3n) is 2.63. The molecule has 0 aromatic rings. The lowest BCUT2D eigenvalue weighted by Crippen LogP contribution is -2.48. The van der Waals surface area contributed by atoms with Gasteiger partial charge in [-0.05, 0) is 7.05 Å². The summed E-state index contributed by atoms with van der Waals surface area (Å²) >= 11 is 0. The molecule has 17 heavy (non-hydrogen) atoms. The Morgan fingerprint density at radius 3 is 2.18 bits per heavy atom. The van der Waals surface area contributed by atoms with Crippen LogP contribution in [-0.2, 0) is 19.2 Å². The Labute approximate surface area is 99.4 Å². The van der Waals surface area contributed by atoms with Crippen molar-refractivity contribution in [2.75, 3.05) is 7.05 Å². The second-order valence-corrected chi connectivity index (χ2v) is 4.27. The summed E-state index contributed by atoms with van der Waals surface area (Å²) in [6, 6.07) is -0.774. The molecule has 2 N–H and O–H groups in total. The third-order valence-corrected chi connectivity index (χ3v) is 2.63. The van der Waals surface area contributed by atoms with Gasteiger partial charge in [-0.2, -0.15) is 0 Å². The van der Waals surface area contributed by atoms with Gasteiger partial charge in [0, 0.05) is 6.42 Å². The van der Waals surface area contributed by atoms with E-state index in [4.69, 9.17) is 5.11 Å². The predicted molar refractivity (Wildman–Crippen MR) is 59.6 cm³/mol. The molecule has 6 nitrogen and oxygen atoms in total. The molecule has 0 aliphatic carbocycles. The number of nitrogens with one attached hydrogen (secondary N) is 1. The van der Waals surface area contributed by atoms with Crippen LogP contribution in [0.5, 0.6) is 0 Å². The van der Waals surface area contributed by atoms with Crippen LogP contribution in [0.4, 0.5) is 0 Å². The topological polar surface area (TPSA) is 101 Å². The van der Waals surface area contributed by atoms with Crippen LogP contribution in [0.1, 0.15) is 26.7 Å². The molecule has 0 heterocycles. The van der Waals surface area contributed by atoms with Gasteiger partial charge in [0.25, 0.3) is 0 Å². The lowest BCUT2D eigenvalue weighted by Gasteiger charge is -2.27. The number of carbonyl (C=O) groups is 4. The fraction of sp³-hybridized carbons (Fsp3) is 0.636. The minimum absolute atomic E-state index is 0.340. The Bertz CT molecular complexity index is 335. The zero-order valence-electron chi connectivity index (χ0n) is 10.1. The van der Waals surface area contributed by atoms with Crippen molar-refractivity contribution >= 4 is 23.8 Å². The second kappa shape index (κ2) is 6.24. The summed E-state index contributed by atoms with van der Waals surface area (Å²) in [6.45, 7) is 2.95. The molecule has 1 unspecified atom stereocenters. The molecule has 0 saturated carbocycles. The molecule has 1 atom stereocenters. The van der Waals surface area contributed by atoms with Gasteiger partial charge in [0.05, 0.1) is 17.9 Å². The first kappa shape index (κ1) is 15.4. The van der Waals surface area contributed by atoms with E-state index in [-0.39, 0.29) is 12.8 Å². The largest absolute Gasteiger partial charge is 0.481 e. The molecular weight excluding hydrogens is 226 g/mol. The van der Waals surface area contributed by atoms with Crippen molar-refractivity contribution in [3.8, 4) is 0 Å². The smallest absolute Gasteiger partial charge is 0.303 e. The van der Waals surface area contributed by atoms with Gasteiger partial charge in [-0.1, -0.05) is 13.8 Å². The molecule has 0 bridgehead atoms. The average molecular weight is 243 g/mol. The number of rotatable bonds is 8. The Kier molecular flexibility index (Phi) is 5.67. The average Bonchev–Trinajstić information content (AvgIpc) is 2.25. The monoisotopic (exact) mass is 243 g/mol. The van der Waals surface area contributed by atoms with Crippen molar-refractivity contribution in [3.05, 3.63) is 0 Å². The Hall–Kier alpha value is -1.56. The van der Waals surface area contributed by atoms with Crippen molar-refractivity contribution in [3.63, 3.8) is 0 Å². The highest BCUT2D eigenvalue weighted by molar-refractivity contribution is 6.39. The zero-order valence-corrected chi connectivity index (χ0v) is 10.1. The van der Waals surface area contributed by atoms with E-state index < -0.39 is 29.0 Å².